The van der Waals surface area contributed by atoms with Gasteiger partial charge in [-0.3, -0.25) is 4.79 Å². The molecule has 2 heterocycles. The van der Waals surface area contributed by atoms with Crippen LogP contribution in [0.25, 0.3) is 5.69 Å². The number of carbonyl (C=O) groups is 1. The minimum absolute atomic E-state index is 0.0694. The first kappa shape index (κ1) is 23.5. The minimum Gasteiger partial charge on any atom is -0.362 e. The molecule has 9 nitrogen and oxygen atoms in total. The van der Waals surface area contributed by atoms with Crippen LogP contribution in [-0.4, -0.2) is 54.6 Å². The van der Waals surface area contributed by atoms with E-state index in [4.69, 9.17) is 0 Å². The molecule has 10 heteroatoms. The number of hydrogen-bond donors (Lipinski definition) is 1. The van der Waals surface area contributed by atoms with E-state index in [1.807, 2.05) is 49.1 Å². The third kappa shape index (κ3) is 4.40. The molecule has 1 N–H and O–H groups in total. The number of carbonyl (C=O) groups excluding carboxylic acids is 1. The van der Waals surface area contributed by atoms with Crippen LogP contribution < -0.4 is 10.2 Å². The van der Waals surface area contributed by atoms with Crippen molar-refractivity contribution in [2.24, 2.45) is 0 Å². The molecule has 4 rings (SSSR count). The fourth-order valence-electron chi connectivity index (χ4n) is 4.14. The standard InChI is InChI=1S/C24H26N6O3S/c1-3-29(4-2)34(32,33)21-10-11-22-18(14-21)12-13-28(22)17-23(31)27-24-19(15-25)16-26-30(24)20-8-6-5-7-9-20/h5-11,14,16H,3-4,12-13,17H2,1-2H3,(H,27,31). The van der Waals surface area contributed by atoms with Gasteiger partial charge in [0.15, 0.2) is 5.82 Å². The van der Waals surface area contributed by atoms with E-state index in [0.717, 1.165) is 16.9 Å². The Morgan fingerprint density at radius 1 is 1.18 bits per heavy atom. The number of hydrogen-bond acceptors (Lipinski definition) is 6. The van der Waals surface area contributed by atoms with E-state index in [1.165, 1.54) is 15.2 Å². The lowest BCUT2D eigenvalue weighted by molar-refractivity contribution is -0.115. The van der Waals surface area contributed by atoms with Crippen LogP contribution in [0.15, 0.2) is 59.6 Å². The molecular formula is C24H26N6O3S. The molecule has 176 valence electrons. The largest absolute Gasteiger partial charge is 0.362 e. The van der Waals surface area contributed by atoms with Gasteiger partial charge in [-0.1, -0.05) is 32.0 Å². The second-order valence-electron chi connectivity index (χ2n) is 7.87. The molecule has 0 atom stereocenters. The maximum atomic E-state index is 12.9. The number of nitrogens with zero attached hydrogens (tertiary/aromatic N) is 5. The van der Waals surface area contributed by atoms with Crippen molar-refractivity contribution in [2.75, 3.05) is 36.4 Å². The number of benzene rings is 2. The van der Waals surface area contributed by atoms with Gasteiger partial charge < -0.3 is 10.2 Å². The first-order valence-corrected chi connectivity index (χ1v) is 12.5. The fourth-order valence-corrected chi connectivity index (χ4v) is 5.65. The number of fused-ring (bicyclic) bond motifs is 1. The molecular weight excluding hydrogens is 452 g/mol. The summed E-state index contributed by atoms with van der Waals surface area (Å²) in [6.45, 7) is 5.12. The van der Waals surface area contributed by atoms with Crippen LogP contribution in [0.3, 0.4) is 0 Å². The molecule has 0 bridgehead atoms. The summed E-state index contributed by atoms with van der Waals surface area (Å²) in [4.78, 5) is 15.1. The van der Waals surface area contributed by atoms with E-state index < -0.39 is 10.0 Å². The zero-order chi connectivity index (χ0) is 24.3. The lowest BCUT2D eigenvalue weighted by Gasteiger charge is -2.21. The summed E-state index contributed by atoms with van der Waals surface area (Å²) in [7, 11) is -3.54. The number of para-hydroxylation sites is 1. The number of anilines is 2. The Labute approximate surface area is 199 Å². The molecule has 3 aromatic rings. The summed E-state index contributed by atoms with van der Waals surface area (Å²) in [6, 6.07) is 16.4. The van der Waals surface area contributed by atoms with E-state index in [0.29, 0.717) is 31.9 Å². The van der Waals surface area contributed by atoms with Crippen LogP contribution in [0.5, 0.6) is 0 Å². The van der Waals surface area contributed by atoms with Crippen molar-refractivity contribution in [3.8, 4) is 11.8 Å². The zero-order valence-electron chi connectivity index (χ0n) is 19.1. The summed E-state index contributed by atoms with van der Waals surface area (Å²) in [5.41, 5.74) is 2.73. The quantitative estimate of drug-likeness (QED) is 0.533. The van der Waals surface area contributed by atoms with Gasteiger partial charge in [-0.05, 0) is 42.3 Å². The minimum atomic E-state index is -3.54. The van der Waals surface area contributed by atoms with Gasteiger partial charge in [0.2, 0.25) is 15.9 Å². The molecule has 0 saturated carbocycles. The molecule has 0 unspecified atom stereocenters. The smallest absolute Gasteiger partial charge is 0.245 e. The maximum absolute atomic E-state index is 12.9. The normalized spacial score (nSPS) is 13.1. The topological polar surface area (TPSA) is 111 Å². The van der Waals surface area contributed by atoms with Gasteiger partial charge in [0.05, 0.1) is 23.3 Å². The molecule has 1 amide bonds. The second kappa shape index (κ2) is 9.67. The molecule has 2 aromatic carbocycles. The summed E-state index contributed by atoms with van der Waals surface area (Å²) in [5.74, 6) is 0.0284. The number of sulfonamides is 1. The Morgan fingerprint density at radius 3 is 2.59 bits per heavy atom. The van der Waals surface area contributed by atoms with Gasteiger partial charge in [0, 0.05) is 25.3 Å². The van der Waals surface area contributed by atoms with E-state index in [9.17, 15) is 18.5 Å². The molecule has 0 aliphatic carbocycles. The Balaban J connectivity index is 1.52. The first-order valence-electron chi connectivity index (χ1n) is 11.1. The van der Waals surface area contributed by atoms with Crippen LogP contribution in [0.1, 0.15) is 25.0 Å². The van der Waals surface area contributed by atoms with Crippen molar-refractivity contribution in [3.63, 3.8) is 0 Å². The maximum Gasteiger partial charge on any atom is 0.245 e. The molecule has 1 aromatic heterocycles. The van der Waals surface area contributed by atoms with Gasteiger partial charge in [-0.25, -0.2) is 13.1 Å². The predicted octanol–water partition coefficient (Wildman–Crippen LogP) is 2.78. The predicted molar refractivity (Wildman–Crippen MR) is 129 cm³/mol. The lowest BCUT2D eigenvalue weighted by atomic mass is 10.2. The average molecular weight is 479 g/mol. The van der Waals surface area contributed by atoms with Gasteiger partial charge in [-0.2, -0.15) is 14.7 Å². The summed E-state index contributed by atoms with van der Waals surface area (Å²) in [6.07, 6.45) is 2.07. The lowest BCUT2D eigenvalue weighted by Crippen LogP contribution is -2.32. The van der Waals surface area contributed by atoms with Crippen molar-refractivity contribution < 1.29 is 13.2 Å². The van der Waals surface area contributed by atoms with Crippen LogP contribution in [0.4, 0.5) is 11.5 Å². The van der Waals surface area contributed by atoms with Crippen molar-refractivity contribution in [2.45, 2.75) is 25.2 Å². The monoisotopic (exact) mass is 478 g/mol. The van der Waals surface area contributed by atoms with Crippen LogP contribution in [-0.2, 0) is 21.2 Å². The second-order valence-corrected chi connectivity index (χ2v) is 9.80. The number of nitriles is 1. The number of rotatable bonds is 8. The van der Waals surface area contributed by atoms with E-state index in [2.05, 4.69) is 16.5 Å². The number of aromatic nitrogens is 2. The SMILES string of the molecule is CCN(CC)S(=O)(=O)c1ccc2c(c1)CCN2CC(=O)Nc1c(C#N)cnn1-c1ccccc1. The highest BCUT2D eigenvalue weighted by Gasteiger charge is 2.27. The van der Waals surface area contributed by atoms with Crippen LogP contribution in [0, 0.1) is 11.3 Å². The summed E-state index contributed by atoms with van der Waals surface area (Å²) < 4.78 is 28.7. The molecule has 1 aliphatic heterocycles. The van der Waals surface area contributed by atoms with Crippen molar-refractivity contribution >= 4 is 27.4 Å². The van der Waals surface area contributed by atoms with Gasteiger partial charge in [0.1, 0.15) is 11.6 Å². The molecule has 34 heavy (non-hydrogen) atoms. The van der Waals surface area contributed by atoms with Crippen molar-refractivity contribution in [1.82, 2.24) is 14.1 Å². The zero-order valence-corrected chi connectivity index (χ0v) is 19.9. The highest BCUT2D eigenvalue weighted by Crippen LogP contribution is 2.31. The third-order valence-corrected chi connectivity index (χ3v) is 7.91. The molecule has 0 saturated heterocycles. The highest BCUT2D eigenvalue weighted by atomic mass is 32.2. The van der Waals surface area contributed by atoms with Gasteiger partial charge in [0.25, 0.3) is 0 Å². The summed E-state index contributed by atoms with van der Waals surface area (Å²) >= 11 is 0. The van der Waals surface area contributed by atoms with Crippen LogP contribution >= 0.6 is 0 Å². The highest BCUT2D eigenvalue weighted by molar-refractivity contribution is 7.89. The Kier molecular flexibility index (Phi) is 6.68. The van der Waals surface area contributed by atoms with E-state index >= 15 is 0 Å². The van der Waals surface area contributed by atoms with E-state index in [1.54, 1.807) is 18.2 Å². The van der Waals surface area contributed by atoms with Crippen molar-refractivity contribution in [3.05, 3.63) is 65.9 Å². The number of nitrogens with one attached hydrogen (secondary N) is 1. The van der Waals surface area contributed by atoms with E-state index in [-0.39, 0.29) is 22.9 Å². The van der Waals surface area contributed by atoms with Gasteiger partial charge in [-0.15, -0.1) is 0 Å². The van der Waals surface area contributed by atoms with Crippen molar-refractivity contribution in [1.29, 1.82) is 5.26 Å². The Morgan fingerprint density at radius 2 is 1.91 bits per heavy atom. The van der Waals surface area contributed by atoms with Crippen LogP contribution in [0.2, 0.25) is 0 Å². The van der Waals surface area contributed by atoms with Gasteiger partial charge >= 0.3 is 0 Å². The fraction of sp³-hybridized carbons (Fsp3) is 0.292. The molecule has 0 radical (unpaired) electrons. The third-order valence-electron chi connectivity index (χ3n) is 5.87. The molecule has 1 aliphatic rings. The Hall–Kier alpha value is -3.68. The molecule has 0 spiro atoms. The average Bonchev–Trinajstić information content (AvgIpc) is 3.43. The Bertz CT molecular complexity index is 1340. The molecule has 0 fully saturated rings. The summed E-state index contributed by atoms with van der Waals surface area (Å²) in [5, 5.41) is 16.5. The first-order chi connectivity index (χ1) is 16.4. The number of amides is 1.